The summed E-state index contributed by atoms with van der Waals surface area (Å²) in [4.78, 5) is 4.45. The number of thiophene rings is 1. The lowest BCUT2D eigenvalue weighted by Crippen LogP contribution is -1.84. The van der Waals surface area contributed by atoms with Crippen molar-refractivity contribution < 1.29 is 4.42 Å². The second kappa shape index (κ2) is 3.15. The zero-order valence-corrected chi connectivity index (χ0v) is 9.94. The molecule has 0 amide bonds. The van der Waals surface area contributed by atoms with Gasteiger partial charge in [0, 0.05) is 28.3 Å². The summed E-state index contributed by atoms with van der Waals surface area (Å²) < 4.78 is 5.46. The van der Waals surface area contributed by atoms with E-state index in [0.717, 1.165) is 16.9 Å². The molecule has 0 radical (unpaired) electrons. The van der Waals surface area contributed by atoms with Crippen LogP contribution in [-0.4, -0.2) is 4.98 Å². The Bertz CT molecular complexity index is 660. The fourth-order valence-corrected chi connectivity index (χ4v) is 2.90. The van der Waals surface area contributed by atoms with Crippen LogP contribution in [0.25, 0.3) is 21.3 Å². The van der Waals surface area contributed by atoms with Gasteiger partial charge in [-0.05, 0) is 25.3 Å². The molecule has 3 heterocycles. The molecule has 3 aromatic rings. The van der Waals surface area contributed by atoms with E-state index >= 15 is 0 Å². The van der Waals surface area contributed by atoms with Crippen LogP contribution in [0.15, 0.2) is 22.1 Å². The number of hydrogen-bond donors (Lipinski definition) is 2. The first-order valence-corrected chi connectivity index (χ1v) is 5.97. The topological polar surface area (TPSA) is 54.9 Å². The molecule has 82 valence electrons. The minimum absolute atomic E-state index is 0.511. The van der Waals surface area contributed by atoms with Gasteiger partial charge in [0.1, 0.15) is 10.6 Å². The van der Waals surface area contributed by atoms with Crippen molar-refractivity contribution in [3.05, 3.63) is 29.0 Å². The lowest BCUT2D eigenvalue weighted by atomic mass is 10.0. The Kier molecular flexibility index (Phi) is 1.88. The predicted molar refractivity (Wildman–Crippen MR) is 67.8 cm³/mol. The van der Waals surface area contributed by atoms with Crippen LogP contribution in [0.5, 0.6) is 0 Å². The van der Waals surface area contributed by atoms with Gasteiger partial charge in [0.2, 0.25) is 0 Å². The summed E-state index contributed by atoms with van der Waals surface area (Å²) in [5.74, 6) is 1.39. The highest BCUT2D eigenvalue weighted by atomic mass is 32.1. The van der Waals surface area contributed by atoms with Gasteiger partial charge in [-0.2, -0.15) is 0 Å². The summed E-state index contributed by atoms with van der Waals surface area (Å²) in [5, 5.41) is 3.32. The summed E-state index contributed by atoms with van der Waals surface area (Å²) in [5.41, 5.74) is 9.10. The monoisotopic (exact) mass is 232 g/mol. The Hall–Kier alpha value is -1.68. The van der Waals surface area contributed by atoms with Crippen LogP contribution in [0.2, 0.25) is 0 Å². The summed E-state index contributed by atoms with van der Waals surface area (Å²) in [6, 6.07) is 2.12. The molecular formula is C12H12N2OS. The maximum atomic E-state index is 5.79. The molecule has 0 aliphatic heterocycles. The molecule has 3 N–H and O–H groups in total. The second-order valence-corrected chi connectivity index (χ2v) is 4.80. The third-order valence-corrected chi connectivity index (χ3v) is 3.78. The average molecular weight is 232 g/mol. The first-order valence-electron chi connectivity index (χ1n) is 5.09. The van der Waals surface area contributed by atoms with Crippen molar-refractivity contribution in [2.45, 2.75) is 13.8 Å². The van der Waals surface area contributed by atoms with Crippen LogP contribution >= 0.6 is 11.3 Å². The van der Waals surface area contributed by atoms with E-state index in [4.69, 9.17) is 10.2 Å². The molecule has 0 spiro atoms. The Labute approximate surface area is 96.9 Å². The van der Waals surface area contributed by atoms with Gasteiger partial charge in [0.25, 0.3) is 0 Å². The van der Waals surface area contributed by atoms with E-state index in [-0.39, 0.29) is 0 Å². The van der Waals surface area contributed by atoms with Crippen LogP contribution in [-0.2, 0) is 0 Å². The Morgan fingerprint density at radius 1 is 1.38 bits per heavy atom. The highest BCUT2D eigenvalue weighted by molar-refractivity contribution is 7.16. The Morgan fingerprint density at radius 2 is 2.19 bits per heavy atom. The zero-order valence-electron chi connectivity index (χ0n) is 9.13. The van der Waals surface area contributed by atoms with Gasteiger partial charge in [0.15, 0.2) is 5.88 Å². The fourth-order valence-electron chi connectivity index (χ4n) is 2.13. The number of H-pyrrole nitrogens is 1. The van der Waals surface area contributed by atoms with Gasteiger partial charge in [-0.15, -0.1) is 11.3 Å². The van der Waals surface area contributed by atoms with Gasteiger partial charge in [-0.1, -0.05) is 0 Å². The Balaban J connectivity index is 2.35. The molecule has 3 aromatic heterocycles. The molecule has 16 heavy (non-hydrogen) atoms. The first-order chi connectivity index (χ1) is 7.68. The van der Waals surface area contributed by atoms with E-state index in [1.807, 2.05) is 20.0 Å². The summed E-state index contributed by atoms with van der Waals surface area (Å²) in [6.07, 6.45) is 2.02. The van der Waals surface area contributed by atoms with Crippen molar-refractivity contribution in [3.8, 4) is 11.1 Å². The van der Waals surface area contributed by atoms with Crippen molar-refractivity contribution in [1.29, 1.82) is 0 Å². The van der Waals surface area contributed by atoms with Crippen molar-refractivity contribution in [1.82, 2.24) is 4.98 Å². The molecule has 0 fully saturated rings. The van der Waals surface area contributed by atoms with E-state index in [9.17, 15) is 0 Å². The molecule has 0 aliphatic rings. The van der Waals surface area contributed by atoms with Crippen molar-refractivity contribution in [2.75, 3.05) is 5.73 Å². The molecule has 0 bridgehead atoms. The van der Waals surface area contributed by atoms with Crippen molar-refractivity contribution in [3.63, 3.8) is 0 Å². The molecule has 0 saturated carbocycles. The SMILES string of the molecule is Cc1oc(N)c(C)c1-c1c[nH]c2sccc12. The molecule has 0 aromatic carbocycles. The minimum atomic E-state index is 0.511. The largest absolute Gasteiger partial charge is 0.445 e. The number of nitrogen functional groups attached to an aromatic ring is 1. The number of nitrogens with two attached hydrogens (primary N) is 1. The van der Waals surface area contributed by atoms with Crippen molar-refractivity contribution in [2.24, 2.45) is 0 Å². The number of anilines is 1. The number of aromatic nitrogens is 1. The molecular weight excluding hydrogens is 220 g/mol. The van der Waals surface area contributed by atoms with Crippen LogP contribution in [0.4, 0.5) is 5.88 Å². The van der Waals surface area contributed by atoms with Gasteiger partial charge in [-0.25, -0.2) is 0 Å². The van der Waals surface area contributed by atoms with E-state index in [1.165, 1.54) is 15.8 Å². The van der Waals surface area contributed by atoms with Gasteiger partial charge in [0.05, 0.1) is 0 Å². The van der Waals surface area contributed by atoms with E-state index in [1.54, 1.807) is 11.3 Å². The van der Waals surface area contributed by atoms with Crippen molar-refractivity contribution >= 4 is 27.4 Å². The van der Waals surface area contributed by atoms with Gasteiger partial charge >= 0.3 is 0 Å². The maximum absolute atomic E-state index is 5.79. The van der Waals surface area contributed by atoms with Crippen LogP contribution in [0.3, 0.4) is 0 Å². The number of fused-ring (bicyclic) bond motifs is 1. The van der Waals surface area contributed by atoms with Crippen LogP contribution in [0, 0.1) is 13.8 Å². The zero-order chi connectivity index (χ0) is 11.3. The fraction of sp³-hybridized carbons (Fsp3) is 0.167. The summed E-state index contributed by atoms with van der Waals surface area (Å²) in [6.45, 7) is 3.94. The lowest BCUT2D eigenvalue weighted by Gasteiger charge is -1.97. The quantitative estimate of drug-likeness (QED) is 0.672. The van der Waals surface area contributed by atoms with Crippen LogP contribution < -0.4 is 5.73 Å². The Morgan fingerprint density at radius 3 is 2.88 bits per heavy atom. The van der Waals surface area contributed by atoms with Gasteiger partial charge < -0.3 is 15.1 Å². The summed E-state index contributed by atoms with van der Waals surface area (Å²) >= 11 is 1.70. The van der Waals surface area contributed by atoms with Crippen LogP contribution in [0.1, 0.15) is 11.3 Å². The number of furan rings is 1. The molecule has 3 nitrogen and oxygen atoms in total. The number of hydrogen-bond acceptors (Lipinski definition) is 3. The molecule has 0 unspecified atom stereocenters. The number of rotatable bonds is 1. The van der Waals surface area contributed by atoms with E-state index in [2.05, 4.69) is 16.4 Å². The maximum Gasteiger partial charge on any atom is 0.194 e. The highest BCUT2D eigenvalue weighted by Crippen LogP contribution is 2.38. The molecule has 4 heteroatoms. The second-order valence-electron chi connectivity index (χ2n) is 3.89. The first kappa shape index (κ1) is 9.54. The van der Waals surface area contributed by atoms with Gasteiger partial charge in [-0.3, -0.25) is 0 Å². The number of nitrogens with one attached hydrogen (secondary N) is 1. The smallest absolute Gasteiger partial charge is 0.194 e. The third-order valence-electron chi connectivity index (χ3n) is 2.93. The highest BCUT2D eigenvalue weighted by Gasteiger charge is 2.17. The molecule has 3 rings (SSSR count). The predicted octanol–water partition coefficient (Wildman–Crippen LogP) is 3.69. The lowest BCUT2D eigenvalue weighted by molar-refractivity contribution is 0.553. The average Bonchev–Trinajstić information content (AvgIpc) is 2.86. The molecule has 0 aliphatic carbocycles. The number of aromatic amines is 1. The normalized spacial score (nSPS) is 11.4. The molecule has 0 saturated heterocycles. The van der Waals surface area contributed by atoms with E-state index in [0.29, 0.717) is 5.88 Å². The standard InChI is InChI=1S/C12H12N2OS/c1-6-10(7(2)15-11(6)13)9-5-14-12-8(9)3-4-16-12/h3-5,14H,13H2,1-2H3. The van der Waals surface area contributed by atoms with E-state index < -0.39 is 0 Å². The summed E-state index contributed by atoms with van der Waals surface area (Å²) in [7, 11) is 0. The third kappa shape index (κ3) is 1.13. The minimum Gasteiger partial charge on any atom is -0.445 e. The number of aryl methyl sites for hydroxylation is 1. The molecule has 0 atom stereocenters.